The number of aliphatic hydroxyl groups is 2. The van der Waals surface area contributed by atoms with Gasteiger partial charge in [0.15, 0.2) is 0 Å². The summed E-state index contributed by atoms with van der Waals surface area (Å²) >= 11 is 0. The summed E-state index contributed by atoms with van der Waals surface area (Å²) in [4.78, 5) is 25.8. The van der Waals surface area contributed by atoms with Crippen molar-refractivity contribution in [3.05, 3.63) is 21.3 Å². The predicted octanol–water partition coefficient (Wildman–Crippen LogP) is 1.64. The Balaban J connectivity index is 0.00000900. The van der Waals surface area contributed by atoms with E-state index in [-0.39, 0.29) is 69.1 Å². The van der Waals surface area contributed by atoms with Crippen LogP contribution in [0.5, 0.6) is 0 Å². The van der Waals surface area contributed by atoms with Gasteiger partial charge in [0, 0.05) is 0 Å². The van der Waals surface area contributed by atoms with Crippen LogP contribution in [0.2, 0.25) is 0 Å². The molecule has 1 fully saturated rings. The molecule has 0 aliphatic carbocycles. The second-order valence-corrected chi connectivity index (χ2v) is 9.14. The number of hydrogen-bond donors (Lipinski definition) is 2. The van der Waals surface area contributed by atoms with Crippen LogP contribution in [0.1, 0.15) is 41.5 Å². The van der Waals surface area contributed by atoms with Gasteiger partial charge >= 0.3 is 16.5 Å². The first-order valence-corrected chi connectivity index (χ1v) is 10.1. The summed E-state index contributed by atoms with van der Waals surface area (Å²) in [6.45, 7) is 10.0. The van der Waals surface area contributed by atoms with Crippen molar-refractivity contribution in [3.63, 3.8) is 0 Å². The number of carbonyl (C=O) groups excluding carboxylic acids is 2. The van der Waals surface area contributed by atoms with E-state index in [0.29, 0.717) is 0 Å². The molecule has 184 valence electrons. The summed E-state index contributed by atoms with van der Waals surface area (Å²) in [6.07, 6.45) is 0. The third kappa shape index (κ3) is 9.69. The van der Waals surface area contributed by atoms with Crippen LogP contribution in [-0.2, 0) is 35.6 Å². The van der Waals surface area contributed by atoms with Gasteiger partial charge in [-0.1, -0.05) is 27.7 Å². The summed E-state index contributed by atoms with van der Waals surface area (Å²) in [7, 11) is 0. The molecule has 0 saturated carbocycles. The maximum absolute atomic E-state index is 12.9. The standard InChI is InChI=1S/C20H38N4O6.Ni/c1-17(2)11-21-13-20(6,30-10-8-26)16(28)24-18(3,4)12-22-14-19(5,15(27)23-17)29-9-7-25;/h25-26H,7-14H2,1-6H3,(H2,23,24,27,28);/q-2;+2/p-2. The Morgan fingerprint density at radius 1 is 0.710 bits per heavy atom. The molecule has 2 N–H and O–H groups in total. The van der Waals surface area contributed by atoms with Crippen molar-refractivity contribution in [1.82, 2.24) is 0 Å². The molecule has 10 nitrogen and oxygen atoms in total. The number of carbonyl (C=O) groups is 2. The molecule has 0 aromatic heterocycles. The van der Waals surface area contributed by atoms with E-state index in [1.54, 1.807) is 41.5 Å². The third-order valence-corrected chi connectivity index (χ3v) is 4.56. The average molecular weight is 487 g/mol. The van der Waals surface area contributed by atoms with Gasteiger partial charge in [-0.25, -0.2) is 0 Å². The smallest absolute Gasteiger partial charge is 0.660 e. The number of amides is 2. The minimum Gasteiger partial charge on any atom is -0.660 e. The molecule has 0 aromatic carbocycles. The van der Waals surface area contributed by atoms with Gasteiger partial charge < -0.3 is 50.5 Å². The number of rotatable bonds is 6. The van der Waals surface area contributed by atoms with Crippen molar-refractivity contribution in [2.24, 2.45) is 0 Å². The summed E-state index contributed by atoms with van der Waals surface area (Å²) in [5, 5.41) is 35.6. The molecule has 0 spiro atoms. The van der Waals surface area contributed by atoms with Crippen molar-refractivity contribution < 1.29 is 45.8 Å². The molecular weight excluding hydrogens is 451 g/mol. The Bertz CT molecular complexity index is 542. The fraction of sp³-hybridized carbons (Fsp3) is 0.900. The maximum atomic E-state index is 12.9. The van der Waals surface area contributed by atoms with Crippen molar-refractivity contribution in [2.45, 2.75) is 63.8 Å². The van der Waals surface area contributed by atoms with Gasteiger partial charge in [-0.15, -0.1) is 24.2 Å². The summed E-state index contributed by atoms with van der Waals surface area (Å²) in [6, 6.07) is 0. The SMILES string of the molecule is CC1(C)C[N-]CC(C)(OCCO)C(=O)[N-]C(C)(C)C[N-]CC(C)(OCCO)C(=O)[N-]1.[Ni+2]. The molecule has 1 heterocycles. The maximum Gasteiger partial charge on any atom is 2.00 e. The van der Waals surface area contributed by atoms with E-state index in [0.717, 1.165) is 0 Å². The van der Waals surface area contributed by atoms with Gasteiger partial charge in [-0.05, 0) is 13.8 Å². The minimum atomic E-state index is -1.33. The third-order valence-electron chi connectivity index (χ3n) is 4.56. The van der Waals surface area contributed by atoms with Crippen LogP contribution in [0, 0.1) is 0 Å². The Hall–Kier alpha value is -0.806. The molecule has 11 heteroatoms. The molecule has 2 atom stereocenters. The molecule has 1 aliphatic rings. The second-order valence-electron chi connectivity index (χ2n) is 9.14. The van der Waals surface area contributed by atoms with Crippen LogP contribution >= 0.6 is 0 Å². The first-order valence-electron chi connectivity index (χ1n) is 10.1. The zero-order valence-corrected chi connectivity index (χ0v) is 20.3. The van der Waals surface area contributed by atoms with Crippen molar-refractivity contribution in [3.8, 4) is 0 Å². The van der Waals surface area contributed by atoms with Crippen LogP contribution in [-0.4, -0.2) is 96.9 Å². The largest absolute Gasteiger partial charge is 2.00 e. The number of hydrogen-bond acceptors (Lipinski definition) is 6. The molecule has 0 radical (unpaired) electrons. The Kier molecular flexibility index (Phi) is 12.1. The van der Waals surface area contributed by atoms with E-state index in [1.807, 2.05) is 0 Å². The number of ether oxygens (including phenoxy) is 2. The monoisotopic (exact) mass is 486 g/mol. The Morgan fingerprint density at radius 3 is 1.32 bits per heavy atom. The van der Waals surface area contributed by atoms with Crippen molar-refractivity contribution in [1.29, 1.82) is 0 Å². The average Bonchev–Trinajstić information content (AvgIpc) is 2.62. The molecule has 31 heavy (non-hydrogen) atoms. The van der Waals surface area contributed by atoms with Crippen molar-refractivity contribution >= 4 is 11.8 Å². The van der Waals surface area contributed by atoms with E-state index >= 15 is 0 Å². The molecule has 2 amide bonds. The summed E-state index contributed by atoms with van der Waals surface area (Å²) in [5.41, 5.74) is -4.35. The van der Waals surface area contributed by atoms with Crippen LogP contribution in [0.3, 0.4) is 0 Å². The van der Waals surface area contributed by atoms with Gasteiger partial charge in [-0.2, -0.15) is 13.1 Å². The molecule has 1 rings (SSSR count). The zero-order chi connectivity index (χ0) is 23.1. The van der Waals surface area contributed by atoms with Gasteiger partial charge in [0.1, 0.15) is 0 Å². The molecule has 1 aliphatic heterocycles. The molecular formula is C20H36N4NiO6-2. The zero-order valence-electron chi connectivity index (χ0n) is 19.3. The second kappa shape index (κ2) is 12.4. The van der Waals surface area contributed by atoms with E-state index in [9.17, 15) is 9.59 Å². The fourth-order valence-electron chi connectivity index (χ4n) is 2.83. The normalized spacial score (nSPS) is 29.8. The number of nitrogens with zero attached hydrogens (tertiary/aromatic N) is 4. The van der Waals surface area contributed by atoms with Gasteiger partial charge in [0.05, 0.1) is 49.4 Å². The molecule has 0 aromatic rings. The first-order chi connectivity index (χ1) is 13.8. The topological polar surface area (TPSA) is 149 Å². The van der Waals surface area contributed by atoms with Crippen LogP contribution in [0.4, 0.5) is 0 Å². The Labute approximate surface area is 195 Å². The van der Waals surface area contributed by atoms with E-state index < -0.39 is 34.1 Å². The van der Waals surface area contributed by atoms with Crippen LogP contribution < -0.4 is 0 Å². The van der Waals surface area contributed by atoms with Gasteiger partial charge in [0.2, 0.25) is 0 Å². The fourth-order valence-corrected chi connectivity index (χ4v) is 2.83. The van der Waals surface area contributed by atoms with Gasteiger partial charge in [0.25, 0.3) is 0 Å². The van der Waals surface area contributed by atoms with E-state index in [1.165, 1.54) is 0 Å². The first kappa shape index (κ1) is 30.2. The van der Waals surface area contributed by atoms with Crippen LogP contribution in [0.25, 0.3) is 21.3 Å². The molecule has 1 saturated heterocycles. The molecule has 2 unspecified atom stereocenters. The molecule has 0 bridgehead atoms. The van der Waals surface area contributed by atoms with Crippen LogP contribution in [0.15, 0.2) is 0 Å². The van der Waals surface area contributed by atoms with Crippen molar-refractivity contribution in [2.75, 3.05) is 52.6 Å². The van der Waals surface area contributed by atoms with E-state index in [4.69, 9.17) is 19.7 Å². The minimum absolute atomic E-state index is 0. The summed E-state index contributed by atoms with van der Waals surface area (Å²) in [5.74, 6) is -0.968. The predicted molar refractivity (Wildman–Crippen MR) is 114 cm³/mol. The quantitative estimate of drug-likeness (QED) is 0.544. The van der Waals surface area contributed by atoms with Gasteiger partial charge in [-0.3, -0.25) is 0 Å². The number of aliphatic hydroxyl groups excluding tert-OH is 2. The van der Waals surface area contributed by atoms with E-state index in [2.05, 4.69) is 21.3 Å². The Morgan fingerprint density at radius 2 is 1.03 bits per heavy atom. The summed E-state index contributed by atoms with van der Waals surface area (Å²) < 4.78 is 11.2.